The fourth-order valence-electron chi connectivity index (χ4n) is 2.26. The number of nitro benzene ring substituents is 1. The number of nitrogens with zero attached hydrogens (tertiary/aromatic N) is 3. The lowest BCUT2D eigenvalue weighted by Gasteiger charge is -2.34. The fraction of sp³-hybridized carbons (Fsp3) is 0.286. The maximum absolute atomic E-state index is 13.1. The van der Waals surface area contributed by atoms with Crippen molar-refractivity contribution in [1.29, 1.82) is 0 Å². The number of aromatic nitrogens is 2. The first-order chi connectivity index (χ1) is 10.5. The van der Waals surface area contributed by atoms with Gasteiger partial charge in [-0.05, 0) is 37.5 Å². The topological polar surface area (TPSA) is 108 Å². The highest BCUT2D eigenvalue weighted by Crippen LogP contribution is 2.37. The minimum atomic E-state index is -0.668. The minimum absolute atomic E-state index is 0. The Bertz CT molecular complexity index is 758. The molecular formula is C14H14ClFN4O3. The van der Waals surface area contributed by atoms with Gasteiger partial charge >= 0.3 is 0 Å². The van der Waals surface area contributed by atoms with Crippen molar-refractivity contribution in [2.24, 2.45) is 5.73 Å². The van der Waals surface area contributed by atoms with Crippen LogP contribution in [0.3, 0.4) is 0 Å². The smallest absolute Gasteiger partial charge is 0.279 e. The third kappa shape index (κ3) is 3.38. The number of hydrogen-bond donors (Lipinski definition) is 1. The summed E-state index contributed by atoms with van der Waals surface area (Å²) in [5.41, 5.74) is 5.47. The van der Waals surface area contributed by atoms with Crippen LogP contribution in [-0.4, -0.2) is 15.1 Å². The molecule has 0 spiro atoms. The molecule has 2 N–H and O–H groups in total. The van der Waals surface area contributed by atoms with Crippen LogP contribution in [-0.2, 0) is 5.54 Å². The molecule has 0 atom stereocenters. The zero-order valence-corrected chi connectivity index (χ0v) is 12.8. The summed E-state index contributed by atoms with van der Waals surface area (Å²) in [5, 5.41) is 14.7. The molecule has 1 saturated carbocycles. The second-order valence-electron chi connectivity index (χ2n) is 5.26. The van der Waals surface area contributed by atoms with Crippen LogP contribution in [0.4, 0.5) is 10.1 Å². The number of rotatable bonds is 4. The van der Waals surface area contributed by atoms with Crippen molar-refractivity contribution in [3.05, 3.63) is 51.4 Å². The van der Waals surface area contributed by atoms with Crippen LogP contribution in [0.25, 0.3) is 12.2 Å². The molecule has 1 aliphatic carbocycles. The molecule has 0 aliphatic heterocycles. The zero-order chi connectivity index (χ0) is 15.7. The van der Waals surface area contributed by atoms with Crippen molar-refractivity contribution in [1.82, 2.24) is 10.1 Å². The van der Waals surface area contributed by atoms with Crippen LogP contribution >= 0.6 is 12.4 Å². The molecule has 1 aliphatic rings. The number of nitrogens with two attached hydrogens (primary N) is 1. The van der Waals surface area contributed by atoms with Gasteiger partial charge < -0.3 is 10.3 Å². The third-order valence-electron chi connectivity index (χ3n) is 3.73. The standard InChI is InChI=1S/C14H13FN4O3.ClH/c15-10-4-2-9(11(8-10)19(20)21)3-5-12-17-13(18-22-12)14(16)6-1-7-14;/h2-5,8H,1,6-7,16H2;1H/b5-3+;. The lowest BCUT2D eigenvalue weighted by atomic mass is 9.77. The van der Waals surface area contributed by atoms with E-state index in [1.165, 1.54) is 18.2 Å². The predicted molar refractivity (Wildman–Crippen MR) is 83.2 cm³/mol. The van der Waals surface area contributed by atoms with E-state index in [-0.39, 0.29) is 29.5 Å². The molecule has 0 unspecified atom stereocenters. The van der Waals surface area contributed by atoms with Crippen molar-refractivity contribution < 1.29 is 13.8 Å². The van der Waals surface area contributed by atoms with Gasteiger partial charge in [0, 0.05) is 6.08 Å². The third-order valence-corrected chi connectivity index (χ3v) is 3.73. The quantitative estimate of drug-likeness (QED) is 0.676. The van der Waals surface area contributed by atoms with Crippen LogP contribution in [0.1, 0.15) is 36.5 Å². The summed E-state index contributed by atoms with van der Waals surface area (Å²) in [4.78, 5) is 14.4. The molecule has 1 heterocycles. The zero-order valence-electron chi connectivity index (χ0n) is 11.9. The van der Waals surface area contributed by atoms with E-state index in [0.717, 1.165) is 31.4 Å². The van der Waals surface area contributed by atoms with Crippen LogP contribution in [0, 0.1) is 15.9 Å². The second kappa shape index (κ2) is 6.43. The van der Waals surface area contributed by atoms with Gasteiger partial charge in [-0.15, -0.1) is 12.4 Å². The molecule has 9 heteroatoms. The number of benzene rings is 1. The first-order valence-corrected chi connectivity index (χ1v) is 6.73. The highest BCUT2D eigenvalue weighted by Gasteiger charge is 2.38. The summed E-state index contributed by atoms with van der Waals surface area (Å²) in [7, 11) is 0. The average Bonchev–Trinajstić information content (AvgIpc) is 2.92. The minimum Gasteiger partial charge on any atom is -0.335 e. The molecule has 0 amide bonds. The van der Waals surface area contributed by atoms with E-state index < -0.39 is 16.3 Å². The molecule has 122 valence electrons. The van der Waals surface area contributed by atoms with E-state index in [4.69, 9.17) is 10.3 Å². The molecular weight excluding hydrogens is 327 g/mol. The van der Waals surface area contributed by atoms with E-state index in [2.05, 4.69) is 10.1 Å². The van der Waals surface area contributed by atoms with Crippen LogP contribution < -0.4 is 5.73 Å². The summed E-state index contributed by atoms with van der Waals surface area (Å²) in [6.45, 7) is 0. The lowest BCUT2D eigenvalue weighted by molar-refractivity contribution is -0.385. The molecule has 2 aromatic rings. The molecule has 3 rings (SSSR count). The van der Waals surface area contributed by atoms with Gasteiger partial charge in [-0.25, -0.2) is 4.39 Å². The lowest BCUT2D eigenvalue weighted by Crippen LogP contribution is -2.44. The second-order valence-corrected chi connectivity index (χ2v) is 5.26. The highest BCUT2D eigenvalue weighted by molar-refractivity contribution is 5.85. The van der Waals surface area contributed by atoms with Crippen LogP contribution in [0.2, 0.25) is 0 Å². The SMILES string of the molecule is Cl.NC1(c2noc(/C=C/c3ccc(F)cc3[N+](=O)[O-])n2)CCC1. The molecule has 0 bridgehead atoms. The van der Waals surface area contributed by atoms with E-state index in [0.29, 0.717) is 5.82 Å². The predicted octanol–water partition coefficient (Wildman–Crippen LogP) is 3.05. The average molecular weight is 341 g/mol. The Hall–Kier alpha value is -2.32. The van der Waals surface area contributed by atoms with Crippen LogP contribution in [0.5, 0.6) is 0 Å². The monoisotopic (exact) mass is 340 g/mol. The van der Waals surface area contributed by atoms with Crippen molar-refractivity contribution in [2.45, 2.75) is 24.8 Å². The van der Waals surface area contributed by atoms with Crippen molar-refractivity contribution in [3.8, 4) is 0 Å². The highest BCUT2D eigenvalue weighted by atomic mass is 35.5. The molecule has 0 saturated heterocycles. The van der Waals surface area contributed by atoms with Gasteiger partial charge in [0.2, 0.25) is 0 Å². The number of nitro groups is 1. The van der Waals surface area contributed by atoms with E-state index >= 15 is 0 Å². The van der Waals surface area contributed by atoms with Crippen molar-refractivity contribution >= 4 is 30.2 Å². The fourth-order valence-corrected chi connectivity index (χ4v) is 2.26. The summed E-state index contributed by atoms with van der Waals surface area (Å²) in [5.74, 6) is -0.0312. The molecule has 1 aromatic carbocycles. The Morgan fingerprint density at radius 2 is 2.13 bits per heavy atom. The first-order valence-electron chi connectivity index (χ1n) is 6.73. The summed E-state index contributed by atoms with van der Waals surface area (Å²) >= 11 is 0. The van der Waals surface area contributed by atoms with Gasteiger partial charge in [0.25, 0.3) is 11.6 Å². The van der Waals surface area contributed by atoms with Gasteiger partial charge in [-0.1, -0.05) is 5.16 Å². The van der Waals surface area contributed by atoms with E-state index in [1.54, 1.807) is 0 Å². The molecule has 23 heavy (non-hydrogen) atoms. The molecule has 1 fully saturated rings. The Morgan fingerprint density at radius 3 is 2.74 bits per heavy atom. The Labute approximate surface area is 136 Å². The van der Waals surface area contributed by atoms with Crippen molar-refractivity contribution in [3.63, 3.8) is 0 Å². The van der Waals surface area contributed by atoms with E-state index in [9.17, 15) is 14.5 Å². The first kappa shape index (κ1) is 17.0. The van der Waals surface area contributed by atoms with Gasteiger partial charge in [-0.2, -0.15) is 4.98 Å². The number of halogens is 2. The largest absolute Gasteiger partial charge is 0.335 e. The number of hydrogen-bond acceptors (Lipinski definition) is 6. The molecule has 7 nitrogen and oxygen atoms in total. The summed E-state index contributed by atoms with van der Waals surface area (Å²) < 4.78 is 18.1. The summed E-state index contributed by atoms with van der Waals surface area (Å²) in [6, 6.07) is 3.33. The Kier molecular flexibility index (Phi) is 4.76. The van der Waals surface area contributed by atoms with Crippen LogP contribution in [0.15, 0.2) is 22.7 Å². The van der Waals surface area contributed by atoms with Gasteiger partial charge in [0.15, 0.2) is 5.82 Å². The molecule has 0 radical (unpaired) electrons. The maximum Gasteiger partial charge on any atom is 0.279 e. The van der Waals surface area contributed by atoms with Gasteiger partial charge in [0.05, 0.1) is 22.1 Å². The van der Waals surface area contributed by atoms with Gasteiger partial charge in [-0.3, -0.25) is 10.1 Å². The normalized spacial score (nSPS) is 15.9. The Balaban J connectivity index is 0.00000192. The summed E-state index contributed by atoms with van der Waals surface area (Å²) in [6.07, 6.45) is 5.51. The van der Waals surface area contributed by atoms with Gasteiger partial charge in [0.1, 0.15) is 5.82 Å². The maximum atomic E-state index is 13.1. The van der Waals surface area contributed by atoms with E-state index in [1.807, 2.05) is 0 Å². The molecule has 1 aromatic heterocycles. The van der Waals surface area contributed by atoms with Crippen molar-refractivity contribution in [2.75, 3.05) is 0 Å². The Morgan fingerprint density at radius 1 is 1.39 bits per heavy atom.